The molecule has 34 heavy (non-hydrogen) atoms. The monoisotopic (exact) mass is 456 g/mol. The summed E-state index contributed by atoms with van der Waals surface area (Å²) in [6.45, 7) is 5.30. The van der Waals surface area contributed by atoms with Crippen molar-refractivity contribution in [3.05, 3.63) is 54.2 Å². The van der Waals surface area contributed by atoms with Gasteiger partial charge in [0.1, 0.15) is 17.0 Å². The molecule has 7 heteroatoms. The molecule has 7 rings (SSSR count). The number of ether oxygens (including phenoxy) is 1. The van der Waals surface area contributed by atoms with Crippen molar-refractivity contribution in [3.8, 4) is 17.3 Å². The summed E-state index contributed by atoms with van der Waals surface area (Å²) in [6.07, 6.45) is 5.99. The van der Waals surface area contributed by atoms with Crippen molar-refractivity contribution in [2.75, 3.05) is 19.7 Å². The fourth-order valence-electron chi connectivity index (χ4n) is 5.44. The second-order valence-corrected chi connectivity index (χ2v) is 9.86. The average Bonchev–Trinajstić information content (AvgIpc) is 3.23. The Hall–Kier alpha value is -3.03. The first-order valence-electron chi connectivity index (χ1n) is 12.1. The normalized spacial score (nSPS) is 22.9. The lowest BCUT2D eigenvalue weighted by Gasteiger charge is -2.33. The molecule has 4 aromatic rings. The number of hydrogen-bond donors (Lipinski definition) is 1. The largest absolute Gasteiger partial charge is 0.491 e. The van der Waals surface area contributed by atoms with E-state index in [-0.39, 0.29) is 7.43 Å². The van der Waals surface area contributed by atoms with E-state index >= 15 is 0 Å². The Balaban J connectivity index is 0.00000217. The van der Waals surface area contributed by atoms with E-state index < -0.39 is 0 Å². The number of aromatic nitrogens is 4. The van der Waals surface area contributed by atoms with Crippen molar-refractivity contribution in [1.82, 2.24) is 29.8 Å². The van der Waals surface area contributed by atoms with Gasteiger partial charge in [0, 0.05) is 42.8 Å². The van der Waals surface area contributed by atoms with E-state index in [1.165, 1.54) is 24.8 Å². The topological polar surface area (TPSA) is 67.6 Å². The van der Waals surface area contributed by atoms with Gasteiger partial charge in [0.25, 0.3) is 0 Å². The summed E-state index contributed by atoms with van der Waals surface area (Å²) >= 11 is 0. The minimum atomic E-state index is 0. The Morgan fingerprint density at radius 3 is 2.82 bits per heavy atom. The number of nitrogens with one attached hydrogen (secondary N) is 1. The van der Waals surface area contributed by atoms with Crippen LogP contribution in [0.4, 0.5) is 0 Å². The van der Waals surface area contributed by atoms with Gasteiger partial charge in [-0.15, -0.1) is 10.2 Å². The summed E-state index contributed by atoms with van der Waals surface area (Å²) in [5, 5.41) is 13.6. The van der Waals surface area contributed by atoms with Crippen LogP contribution in [0.1, 0.15) is 45.2 Å². The molecule has 3 aromatic heterocycles. The Kier molecular flexibility index (Phi) is 5.26. The molecule has 0 spiro atoms. The van der Waals surface area contributed by atoms with Crippen LogP contribution in [0.5, 0.6) is 5.75 Å². The molecule has 1 saturated carbocycles. The molecule has 3 atom stereocenters. The Morgan fingerprint density at radius 1 is 1.12 bits per heavy atom. The first-order valence-corrected chi connectivity index (χ1v) is 12.1. The van der Waals surface area contributed by atoms with Crippen LogP contribution in [-0.2, 0) is 0 Å². The lowest BCUT2D eigenvalue weighted by Crippen LogP contribution is -2.44. The van der Waals surface area contributed by atoms with Gasteiger partial charge >= 0.3 is 0 Å². The fourth-order valence-corrected chi connectivity index (χ4v) is 5.44. The van der Waals surface area contributed by atoms with Crippen molar-refractivity contribution >= 4 is 16.6 Å². The minimum Gasteiger partial charge on any atom is -0.491 e. The van der Waals surface area contributed by atoms with Gasteiger partial charge < -0.3 is 10.1 Å². The molecular weight excluding hydrogens is 424 g/mol. The molecule has 0 radical (unpaired) electrons. The lowest BCUT2D eigenvalue weighted by molar-refractivity contribution is 0.170. The summed E-state index contributed by atoms with van der Waals surface area (Å²) in [5.41, 5.74) is 3.82. The van der Waals surface area contributed by atoms with Crippen LogP contribution >= 0.6 is 0 Å². The molecule has 0 unspecified atom stereocenters. The number of rotatable bonds is 6. The van der Waals surface area contributed by atoms with E-state index in [1.807, 2.05) is 18.2 Å². The summed E-state index contributed by atoms with van der Waals surface area (Å²) in [7, 11) is 0. The number of benzene rings is 1. The van der Waals surface area contributed by atoms with E-state index in [9.17, 15) is 0 Å². The average molecular weight is 457 g/mol. The highest BCUT2D eigenvalue weighted by molar-refractivity contribution is 5.86. The van der Waals surface area contributed by atoms with E-state index in [0.717, 1.165) is 53.5 Å². The number of fused-ring (bicyclic) bond motifs is 4. The molecule has 176 valence electrons. The maximum absolute atomic E-state index is 6.12. The molecule has 1 aromatic carbocycles. The van der Waals surface area contributed by atoms with E-state index in [1.54, 1.807) is 0 Å². The summed E-state index contributed by atoms with van der Waals surface area (Å²) in [6, 6.07) is 16.2. The van der Waals surface area contributed by atoms with Crippen LogP contribution < -0.4 is 10.1 Å². The van der Waals surface area contributed by atoms with Gasteiger partial charge in [0.15, 0.2) is 11.5 Å². The standard InChI is InChI=1S/C26H28N6O.CH4/c1-16(31-14-20-11-21(31)12-27-20)19-8-10-24-29-30-26(32(24)13-19)22-9-7-18-3-2-4-23(25(18)28-22)33-15-17-5-6-17;/h2-4,7-10,13,16-17,20-21,27H,5-6,11-12,14-15H2,1H3;1H4/t16-,20+,21+;/m1./s1. The Bertz CT molecular complexity index is 1350. The van der Waals surface area contributed by atoms with E-state index in [0.29, 0.717) is 24.0 Å². The van der Waals surface area contributed by atoms with Crippen molar-refractivity contribution < 1.29 is 4.74 Å². The maximum Gasteiger partial charge on any atom is 0.187 e. The van der Waals surface area contributed by atoms with Gasteiger partial charge in [-0.25, -0.2) is 4.98 Å². The zero-order valence-corrected chi connectivity index (χ0v) is 18.8. The number of likely N-dealkylation sites (tertiary alicyclic amines) is 1. The fraction of sp³-hybridized carbons (Fsp3) is 0.444. The zero-order valence-electron chi connectivity index (χ0n) is 18.8. The van der Waals surface area contributed by atoms with Crippen LogP contribution in [-0.4, -0.2) is 56.3 Å². The molecule has 7 nitrogen and oxygen atoms in total. The van der Waals surface area contributed by atoms with Crippen molar-refractivity contribution in [2.24, 2.45) is 5.92 Å². The van der Waals surface area contributed by atoms with Crippen molar-refractivity contribution in [3.63, 3.8) is 0 Å². The summed E-state index contributed by atoms with van der Waals surface area (Å²) < 4.78 is 8.20. The predicted octanol–water partition coefficient (Wildman–Crippen LogP) is 4.48. The van der Waals surface area contributed by atoms with Gasteiger partial charge in [0.05, 0.1) is 6.61 Å². The predicted molar refractivity (Wildman–Crippen MR) is 134 cm³/mol. The number of pyridine rings is 2. The molecule has 1 N–H and O–H groups in total. The highest BCUT2D eigenvalue weighted by Gasteiger charge is 2.40. The van der Waals surface area contributed by atoms with Crippen LogP contribution in [0, 0.1) is 5.92 Å². The smallest absolute Gasteiger partial charge is 0.187 e. The molecule has 1 aliphatic carbocycles. The Labute approximate surface area is 200 Å². The maximum atomic E-state index is 6.12. The third-order valence-electron chi connectivity index (χ3n) is 7.59. The van der Waals surface area contributed by atoms with Crippen LogP contribution in [0.15, 0.2) is 48.7 Å². The summed E-state index contributed by atoms with van der Waals surface area (Å²) in [4.78, 5) is 7.61. The van der Waals surface area contributed by atoms with Gasteiger partial charge in [-0.3, -0.25) is 9.30 Å². The molecule has 2 aliphatic heterocycles. The first-order chi connectivity index (χ1) is 16.2. The quantitative estimate of drug-likeness (QED) is 0.462. The van der Waals surface area contributed by atoms with Crippen molar-refractivity contribution in [1.29, 1.82) is 0 Å². The molecular formula is C27H32N6O. The SMILES string of the molecule is C.C[C@H](c1ccc2nnc(-c3ccc4cccc(OCC5CC5)c4n3)n2c1)N1C[C@@H]2C[C@H]1CN2. The third-order valence-corrected chi connectivity index (χ3v) is 7.59. The number of nitrogens with zero attached hydrogens (tertiary/aromatic N) is 5. The van der Waals surface area contributed by atoms with Gasteiger partial charge in [-0.1, -0.05) is 31.7 Å². The molecule has 0 amide bonds. The van der Waals surface area contributed by atoms with Gasteiger partial charge in [0.2, 0.25) is 0 Å². The van der Waals surface area contributed by atoms with Crippen LogP contribution in [0.2, 0.25) is 0 Å². The van der Waals surface area contributed by atoms with Crippen LogP contribution in [0.25, 0.3) is 28.1 Å². The van der Waals surface area contributed by atoms with Crippen LogP contribution in [0.3, 0.4) is 0 Å². The number of para-hydroxylation sites is 1. The second kappa shape index (κ2) is 8.32. The molecule has 3 fully saturated rings. The number of hydrogen-bond acceptors (Lipinski definition) is 6. The number of piperazine rings is 1. The lowest BCUT2D eigenvalue weighted by atomic mass is 10.1. The Morgan fingerprint density at radius 2 is 2.03 bits per heavy atom. The third kappa shape index (κ3) is 3.63. The first kappa shape index (κ1) is 21.5. The highest BCUT2D eigenvalue weighted by Crippen LogP contribution is 2.34. The van der Waals surface area contributed by atoms with Crippen molar-refractivity contribution in [2.45, 2.75) is 51.7 Å². The second-order valence-electron chi connectivity index (χ2n) is 9.86. The zero-order chi connectivity index (χ0) is 21.9. The summed E-state index contributed by atoms with van der Waals surface area (Å²) in [5.74, 6) is 2.32. The molecule has 5 heterocycles. The minimum absolute atomic E-state index is 0. The van der Waals surface area contributed by atoms with Gasteiger partial charge in [-0.2, -0.15) is 0 Å². The molecule has 2 bridgehead atoms. The van der Waals surface area contributed by atoms with E-state index in [4.69, 9.17) is 9.72 Å². The molecule has 2 saturated heterocycles. The molecule has 3 aliphatic rings. The van der Waals surface area contributed by atoms with E-state index in [2.05, 4.69) is 62.2 Å². The highest BCUT2D eigenvalue weighted by atomic mass is 16.5. The van der Waals surface area contributed by atoms with Gasteiger partial charge in [-0.05, 0) is 55.9 Å².